The lowest BCUT2D eigenvalue weighted by Crippen LogP contribution is -2.19. The number of rotatable bonds is 4. The van der Waals surface area contributed by atoms with Crippen LogP contribution in [0.3, 0.4) is 0 Å². The second-order valence-corrected chi connectivity index (χ2v) is 2.76. The summed E-state index contributed by atoms with van der Waals surface area (Å²) in [7, 11) is 4.02. The van der Waals surface area contributed by atoms with E-state index in [1.54, 1.807) is 6.07 Å². The third-order valence-corrected chi connectivity index (χ3v) is 1.37. The lowest BCUT2D eigenvalue weighted by Gasteiger charge is -2.09. The molecule has 0 aromatic carbocycles. The van der Waals surface area contributed by atoms with E-state index in [2.05, 4.69) is 16.1 Å². The van der Waals surface area contributed by atoms with Crippen LogP contribution in [0.15, 0.2) is 18.2 Å². The minimum Gasteiger partial charge on any atom is -0.476 e. The van der Waals surface area contributed by atoms with Gasteiger partial charge in [0.15, 0.2) is 0 Å². The summed E-state index contributed by atoms with van der Waals surface area (Å²) in [6.45, 7) is 1.56. The van der Waals surface area contributed by atoms with Crippen molar-refractivity contribution in [3.63, 3.8) is 0 Å². The van der Waals surface area contributed by atoms with Gasteiger partial charge in [-0.25, -0.2) is 4.98 Å². The molecule has 0 bridgehead atoms. The van der Waals surface area contributed by atoms with Crippen molar-refractivity contribution in [2.75, 3.05) is 27.2 Å². The molecule has 1 aromatic rings. The Labute approximate surface area is 73.0 Å². The Hall–Kier alpha value is -1.09. The van der Waals surface area contributed by atoms with Crippen molar-refractivity contribution in [1.29, 1.82) is 0 Å². The monoisotopic (exact) mass is 165 g/mol. The molecule has 3 heteroatoms. The number of ether oxygens (including phenoxy) is 1. The maximum Gasteiger partial charge on any atom is 0.213 e. The fourth-order valence-electron chi connectivity index (χ4n) is 0.725. The van der Waals surface area contributed by atoms with Gasteiger partial charge in [0.25, 0.3) is 0 Å². The van der Waals surface area contributed by atoms with Crippen LogP contribution in [0.5, 0.6) is 5.88 Å². The molecule has 65 valence electrons. The van der Waals surface area contributed by atoms with E-state index in [4.69, 9.17) is 4.74 Å². The van der Waals surface area contributed by atoms with Gasteiger partial charge in [0.05, 0.1) is 6.20 Å². The maximum absolute atomic E-state index is 5.33. The predicted octanol–water partition coefficient (Wildman–Crippen LogP) is 0.822. The van der Waals surface area contributed by atoms with E-state index in [0.29, 0.717) is 12.5 Å². The maximum atomic E-state index is 5.33. The van der Waals surface area contributed by atoms with Crippen LogP contribution in [0.2, 0.25) is 0 Å². The van der Waals surface area contributed by atoms with Crippen molar-refractivity contribution in [3.8, 4) is 5.88 Å². The van der Waals surface area contributed by atoms with Crippen LogP contribution >= 0.6 is 0 Å². The van der Waals surface area contributed by atoms with Gasteiger partial charge in [0.1, 0.15) is 6.61 Å². The van der Waals surface area contributed by atoms with Gasteiger partial charge in [0, 0.05) is 12.6 Å². The highest BCUT2D eigenvalue weighted by Gasteiger charge is 1.93. The molecule has 1 heterocycles. The van der Waals surface area contributed by atoms with E-state index >= 15 is 0 Å². The molecular formula is C9H13N2O. The summed E-state index contributed by atoms with van der Waals surface area (Å²) in [6, 6.07) is 5.43. The van der Waals surface area contributed by atoms with E-state index in [1.807, 2.05) is 26.2 Å². The molecule has 1 rings (SSSR count). The zero-order valence-corrected chi connectivity index (χ0v) is 7.45. The Bertz CT molecular complexity index is 211. The van der Waals surface area contributed by atoms with E-state index in [0.717, 1.165) is 6.54 Å². The average Bonchev–Trinajstić information content (AvgIpc) is 2.05. The average molecular weight is 165 g/mol. The first-order valence-electron chi connectivity index (χ1n) is 3.89. The zero-order valence-electron chi connectivity index (χ0n) is 7.45. The molecule has 12 heavy (non-hydrogen) atoms. The molecule has 0 aliphatic rings. The fourth-order valence-corrected chi connectivity index (χ4v) is 0.725. The third-order valence-electron chi connectivity index (χ3n) is 1.37. The van der Waals surface area contributed by atoms with E-state index in [1.165, 1.54) is 0 Å². The van der Waals surface area contributed by atoms with Crippen LogP contribution in [0.25, 0.3) is 0 Å². The molecule has 0 aliphatic heterocycles. The van der Waals surface area contributed by atoms with Crippen LogP contribution < -0.4 is 4.74 Å². The summed E-state index contributed by atoms with van der Waals surface area (Å²) < 4.78 is 5.33. The van der Waals surface area contributed by atoms with Crippen LogP contribution in [0, 0.1) is 6.20 Å². The van der Waals surface area contributed by atoms with Crippen LogP contribution in [-0.2, 0) is 0 Å². The lowest BCUT2D eigenvalue weighted by atomic mass is 10.5. The molecule has 0 amide bonds. The molecule has 0 saturated carbocycles. The van der Waals surface area contributed by atoms with Crippen LogP contribution in [-0.4, -0.2) is 37.1 Å². The van der Waals surface area contributed by atoms with Gasteiger partial charge in [-0.1, -0.05) is 6.07 Å². The van der Waals surface area contributed by atoms with Crippen molar-refractivity contribution < 1.29 is 4.74 Å². The molecule has 0 saturated heterocycles. The topological polar surface area (TPSA) is 25.4 Å². The largest absolute Gasteiger partial charge is 0.476 e. The normalized spacial score (nSPS) is 10.2. The first kappa shape index (κ1) is 9.00. The molecule has 0 N–H and O–H groups in total. The van der Waals surface area contributed by atoms with Gasteiger partial charge in [-0.2, -0.15) is 0 Å². The molecule has 0 spiro atoms. The van der Waals surface area contributed by atoms with Crippen molar-refractivity contribution in [1.82, 2.24) is 9.88 Å². The number of hydrogen-bond acceptors (Lipinski definition) is 3. The Balaban J connectivity index is 2.25. The molecule has 1 aromatic heterocycles. The quantitative estimate of drug-likeness (QED) is 0.660. The summed E-state index contributed by atoms with van der Waals surface area (Å²) in [4.78, 5) is 5.97. The Morgan fingerprint density at radius 1 is 1.58 bits per heavy atom. The number of nitrogens with zero attached hydrogens (tertiary/aromatic N) is 2. The summed E-state index contributed by atoms with van der Waals surface area (Å²) in [5.41, 5.74) is 0. The molecule has 0 unspecified atom stereocenters. The lowest BCUT2D eigenvalue weighted by molar-refractivity contribution is 0.254. The first-order chi connectivity index (χ1) is 5.79. The molecule has 0 fully saturated rings. The van der Waals surface area contributed by atoms with Crippen molar-refractivity contribution >= 4 is 0 Å². The number of hydrogen-bond donors (Lipinski definition) is 0. The SMILES string of the molecule is CN(C)CCOc1ccc[c]n1. The van der Waals surface area contributed by atoms with E-state index < -0.39 is 0 Å². The van der Waals surface area contributed by atoms with Gasteiger partial charge in [-0.05, 0) is 20.2 Å². The van der Waals surface area contributed by atoms with Gasteiger partial charge in [-0.3, -0.25) is 0 Å². The highest BCUT2D eigenvalue weighted by molar-refractivity contribution is 5.08. The smallest absolute Gasteiger partial charge is 0.213 e. The molecule has 0 aliphatic carbocycles. The highest BCUT2D eigenvalue weighted by Crippen LogP contribution is 2.01. The Morgan fingerprint density at radius 3 is 3.00 bits per heavy atom. The second-order valence-electron chi connectivity index (χ2n) is 2.76. The van der Waals surface area contributed by atoms with Crippen LogP contribution in [0.1, 0.15) is 0 Å². The number of pyridine rings is 1. The minimum atomic E-state index is 0.638. The summed E-state index contributed by atoms with van der Waals surface area (Å²) in [5.74, 6) is 0.638. The summed E-state index contributed by atoms with van der Waals surface area (Å²) in [6.07, 6.45) is 2.71. The number of likely N-dealkylation sites (N-methyl/N-ethyl adjacent to an activating group) is 1. The zero-order chi connectivity index (χ0) is 8.81. The van der Waals surface area contributed by atoms with Gasteiger partial charge >= 0.3 is 0 Å². The molecular weight excluding hydrogens is 152 g/mol. The van der Waals surface area contributed by atoms with Gasteiger partial charge in [0.2, 0.25) is 5.88 Å². The summed E-state index contributed by atoms with van der Waals surface area (Å²) >= 11 is 0. The van der Waals surface area contributed by atoms with Crippen molar-refractivity contribution in [2.45, 2.75) is 0 Å². The van der Waals surface area contributed by atoms with Crippen molar-refractivity contribution in [2.24, 2.45) is 0 Å². The second kappa shape index (κ2) is 4.72. The van der Waals surface area contributed by atoms with Crippen molar-refractivity contribution in [3.05, 3.63) is 24.4 Å². The highest BCUT2D eigenvalue weighted by atomic mass is 16.5. The number of aromatic nitrogens is 1. The predicted molar refractivity (Wildman–Crippen MR) is 47.1 cm³/mol. The Morgan fingerprint density at radius 2 is 2.42 bits per heavy atom. The summed E-state index contributed by atoms with van der Waals surface area (Å²) in [5, 5.41) is 0. The first-order valence-corrected chi connectivity index (χ1v) is 3.89. The van der Waals surface area contributed by atoms with E-state index in [-0.39, 0.29) is 0 Å². The Kier molecular flexibility index (Phi) is 3.54. The molecule has 1 radical (unpaired) electrons. The van der Waals surface area contributed by atoms with Gasteiger partial charge in [-0.15, -0.1) is 0 Å². The minimum absolute atomic E-state index is 0.638. The van der Waals surface area contributed by atoms with Gasteiger partial charge < -0.3 is 9.64 Å². The molecule has 0 atom stereocenters. The third kappa shape index (κ3) is 3.34. The molecule has 3 nitrogen and oxygen atoms in total. The van der Waals surface area contributed by atoms with Crippen LogP contribution in [0.4, 0.5) is 0 Å². The standard InChI is InChI=1S/C9H13N2O/c1-11(2)7-8-12-9-5-3-4-6-10-9/h3-5H,7-8H2,1-2H3. The fraction of sp³-hybridized carbons (Fsp3) is 0.444. The van der Waals surface area contributed by atoms with E-state index in [9.17, 15) is 0 Å².